The molecule has 0 saturated heterocycles. The van der Waals surface area contributed by atoms with E-state index < -0.39 is 5.91 Å². The Bertz CT molecular complexity index is 1030. The zero-order valence-corrected chi connectivity index (χ0v) is 17.3. The van der Waals surface area contributed by atoms with E-state index in [4.69, 9.17) is 5.73 Å². The number of amides is 1. The summed E-state index contributed by atoms with van der Waals surface area (Å²) < 4.78 is 1.77. The molecule has 152 valence electrons. The number of nitrogens with one attached hydrogen (secondary N) is 2. The monoisotopic (exact) mass is 391 g/mol. The van der Waals surface area contributed by atoms with E-state index in [0.717, 1.165) is 30.6 Å². The molecule has 3 aromatic rings. The second kappa shape index (κ2) is 7.19. The Hall–Kier alpha value is -2.86. The second-order valence-electron chi connectivity index (χ2n) is 8.76. The first kappa shape index (κ1) is 19.5. The highest BCUT2D eigenvalue weighted by molar-refractivity contribution is 6.01. The van der Waals surface area contributed by atoms with Gasteiger partial charge >= 0.3 is 0 Å². The van der Waals surface area contributed by atoms with Crippen LogP contribution >= 0.6 is 0 Å². The Morgan fingerprint density at radius 2 is 1.97 bits per heavy atom. The minimum Gasteiger partial charge on any atom is -0.379 e. The zero-order chi connectivity index (χ0) is 20.6. The van der Waals surface area contributed by atoms with Crippen LogP contribution in [-0.2, 0) is 6.54 Å². The summed E-state index contributed by atoms with van der Waals surface area (Å²) in [6.45, 7) is 7.70. The van der Waals surface area contributed by atoms with Crippen molar-refractivity contribution in [3.8, 4) is 0 Å². The normalized spacial score (nSPS) is 23.3. The number of nitrogens with zero attached hydrogens (tertiary/aromatic N) is 2. The molecule has 0 bridgehead atoms. The van der Waals surface area contributed by atoms with Gasteiger partial charge in [-0.1, -0.05) is 44.2 Å². The van der Waals surface area contributed by atoms with E-state index in [9.17, 15) is 4.79 Å². The fourth-order valence-corrected chi connectivity index (χ4v) is 4.47. The third kappa shape index (κ3) is 3.38. The molecule has 0 aliphatic heterocycles. The standard InChI is InChI=1S/C23H29N5O/c1-22(2)19(11-12-23(22,3)25-14-16-8-5-4-6-9-16)27-20-17(21(24)29)15-26-28-13-7-10-18(20)28/h4-10,13,15,19,25,27H,11-12,14H2,1-3H3,(H2,24,29)/t19-,23+/m1/s1. The van der Waals surface area contributed by atoms with Crippen molar-refractivity contribution in [2.45, 2.75) is 51.7 Å². The molecule has 6 heteroatoms. The number of anilines is 1. The van der Waals surface area contributed by atoms with E-state index in [1.54, 1.807) is 10.7 Å². The highest BCUT2D eigenvalue weighted by atomic mass is 16.1. The molecule has 1 aromatic carbocycles. The summed E-state index contributed by atoms with van der Waals surface area (Å²) in [5, 5.41) is 11.8. The SMILES string of the molecule is CC1(C)[C@H](Nc2c(C(N)=O)cnn3cccc23)CC[C@]1(C)NCc1ccccc1. The van der Waals surface area contributed by atoms with Gasteiger partial charge in [-0.25, -0.2) is 4.52 Å². The van der Waals surface area contributed by atoms with Gasteiger partial charge < -0.3 is 16.4 Å². The minimum atomic E-state index is -0.468. The quantitative estimate of drug-likeness (QED) is 0.600. The van der Waals surface area contributed by atoms with Crippen LogP contribution in [0.5, 0.6) is 0 Å². The maximum Gasteiger partial charge on any atom is 0.252 e. The number of nitrogens with two attached hydrogens (primary N) is 1. The molecular weight excluding hydrogens is 362 g/mol. The summed E-state index contributed by atoms with van der Waals surface area (Å²) in [6, 6.07) is 14.5. The van der Waals surface area contributed by atoms with Crippen LogP contribution in [0.4, 0.5) is 5.69 Å². The van der Waals surface area contributed by atoms with Gasteiger partial charge in [0.25, 0.3) is 5.91 Å². The summed E-state index contributed by atoms with van der Waals surface area (Å²) in [4.78, 5) is 12.0. The topological polar surface area (TPSA) is 84.4 Å². The first-order valence-electron chi connectivity index (χ1n) is 10.1. The average Bonchev–Trinajstić information content (AvgIpc) is 3.26. The van der Waals surface area contributed by atoms with E-state index >= 15 is 0 Å². The zero-order valence-electron chi connectivity index (χ0n) is 17.3. The van der Waals surface area contributed by atoms with Crippen LogP contribution in [0.3, 0.4) is 0 Å². The molecule has 6 nitrogen and oxygen atoms in total. The number of hydrogen-bond acceptors (Lipinski definition) is 4. The molecule has 2 aromatic heterocycles. The van der Waals surface area contributed by atoms with E-state index in [2.05, 4.69) is 60.8 Å². The van der Waals surface area contributed by atoms with Crippen LogP contribution in [0, 0.1) is 5.41 Å². The summed E-state index contributed by atoms with van der Waals surface area (Å²) >= 11 is 0. The lowest BCUT2D eigenvalue weighted by atomic mass is 9.74. The first-order chi connectivity index (χ1) is 13.8. The molecular formula is C23H29N5O. The Morgan fingerprint density at radius 1 is 1.21 bits per heavy atom. The van der Waals surface area contributed by atoms with Gasteiger partial charge in [0.15, 0.2) is 0 Å². The van der Waals surface area contributed by atoms with Crippen LogP contribution in [0.25, 0.3) is 5.52 Å². The maximum atomic E-state index is 12.0. The third-order valence-electron chi connectivity index (χ3n) is 6.90. The van der Waals surface area contributed by atoms with Crippen LogP contribution in [0.2, 0.25) is 0 Å². The first-order valence-corrected chi connectivity index (χ1v) is 10.1. The Kier molecular flexibility index (Phi) is 4.82. The third-order valence-corrected chi connectivity index (χ3v) is 6.90. The highest BCUT2D eigenvalue weighted by Gasteiger charge is 2.51. The summed E-state index contributed by atoms with van der Waals surface area (Å²) in [5.41, 5.74) is 8.88. The van der Waals surface area contributed by atoms with Gasteiger partial charge in [-0.15, -0.1) is 0 Å². The second-order valence-corrected chi connectivity index (χ2v) is 8.76. The molecule has 29 heavy (non-hydrogen) atoms. The van der Waals surface area contributed by atoms with Gasteiger partial charge in [-0.05, 0) is 37.5 Å². The van der Waals surface area contributed by atoms with Gasteiger partial charge in [-0.2, -0.15) is 5.10 Å². The predicted octanol–water partition coefficient (Wildman–Crippen LogP) is 3.58. The molecule has 0 spiro atoms. The molecule has 1 aliphatic rings. The van der Waals surface area contributed by atoms with Crippen LogP contribution in [-0.4, -0.2) is 27.1 Å². The Balaban J connectivity index is 1.59. The number of carbonyl (C=O) groups is 1. The molecule has 1 aliphatic carbocycles. The molecule has 1 saturated carbocycles. The van der Waals surface area contributed by atoms with Crippen molar-refractivity contribution in [1.82, 2.24) is 14.9 Å². The number of hydrogen-bond donors (Lipinski definition) is 3. The molecule has 2 heterocycles. The fraction of sp³-hybridized carbons (Fsp3) is 0.391. The van der Waals surface area contributed by atoms with Crippen molar-refractivity contribution in [3.63, 3.8) is 0 Å². The van der Waals surface area contributed by atoms with E-state index in [-0.39, 0.29) is 17.0 Å². The van der Waals surface area contributed by atoms with Crippen LogP contribution in [0.1, 0.15) is 49.5 Å². The molecule has 4 N–H and O–H groups in total. The van der Waals surface area contributed by atoms with Crippen molar-refractivity contribution in [2.24, 2.45) is 11.1 Å². The molecule has 4 rings (SSSR count). The van der Waals surface area contributed by atoms with Crippen LogP contribution < -0.4 is 16.4 Å². The number of carbonyl (C=O) groups excluding carboxylic acids is 1. The van der Waals surface area contributed by atoms with Gasteiger partial charge in [0.1, 0.15) is 0 Å². The number of fused-ring (bicyclic) bond motifs is 1. The molecule has 1 amide bonds. The summed E-state index contributed by atoms with van der Waals surface area (Å²) in [7, 11) is 0. The number of primary amides is 1. The van der Waals surface area contributed by atoms with Gasteiger partial charge in [0.05, 0.1) is 23.0 Å². The molecule has 1 fully saturated rings. The van der Waals surface area contributed by atoms with Crippen molar-refractivity contribution >= 4 is 17.1 Å². The largest absolute Gasteiger partial charge is 0.379 e. The van der Waals surface area contributed by atoms with Crippen LogP contribution in [0.15, 0.2) is 54.9 Å². The van der Waals surface area contributed by atoms with Gasteiger partial charge in [0.2, 0.25) is 0 Å². The van der Waals surface area contributed by atoms with E-state index in [0.29, 0.717) is 5.56 Å². The van der Waals surface area contributed by atoms with E-state index in [1.807, 2.05) is 24.4 Å². The summed E-state index contributed by atoms with van der Waals surface area (Å²) in [6.07, 6.45) is 5.46. The minimum absolute atomic E-state index is 0.0430. The number of aromatic nitrogens is 2. The molecule has 2 atom stereocenters. The lowest BCUT2D eigenvalue weighted by Crippen LogP contribution is -2.54. The predicted molar refractivity (Wildman–Crippen MR) is 116 cm³/mol. The van der Waals surface area contributed by atoms with Crippen molar-refractivity contribution in [1.29, 1.82) is 0 Å². The average molecular weight is 392 g/mol. The fourth-order valence-electron chi connectivity index (χ4n) is 4.47. The lowest BCUT2D eigenvalue weighted by Gasteiger charge is -2.43. The van der Waals surface area contributed by atoms with Crippen molar-refractivity contribution < 1.29 is 4.79 Å². The van der Waals surface area contributed by atoms with E-state index in [1.165, 1.54) is 5.56 Å². The number of rotatable bonds is 6. The maximum absolute atomic E-state index is 12.0. The van der Waals surface area contributed by atoms with Gasteiger partial charge in [-0.3, -0.25) is 4.79 Å². The van der Waals surface area contributed by atoms with Crippen molar-refractivity contribution in [2.75, 3.05) is 5.32 Å². The molecule has 0 unspecified atom stereocenters. The highest BCUT2D eigenvalue weighted by Crippen LogP contribution is 2.47. The Morgan fingerprint density at radius 3 is 2.69 bits per heavy atom. The smallest absolute Gasteiger partial charge is 0.252 e. The number of benzene rings is 1. The van der Waals surface area contributed by atoms with Gasteiger partial charge in [0, 0.05) is 29.7 Å². The van der Waals surface area contributed by atoms with Crippen molar-refractivity contribution in [3.05, 3.63) is 66.0 Å². The Labute approximate surface area is 171 Å². The summed E-state index contributed by atoms with van der Waals surface area (Å²) in [5.74, 6) is -0.468. The lowest BCUT2D eigenvalue weighted by molar-refractivity contribution is 0.100. The molecule has 0 radical (unpaired) electrons.